The molecule has 6 N–H and O–H groups in total. The fourth-order valence-corrected chi connectivity index (χ4v) is 6.53. The molecule has 2 aliphatic heterocycles. The lowest BCUT2D eigenvalue weighted by atomic mass is 9.98. The molecule has 244 valence electrons. The van der Waals surface area contributed by atoms with Crippen LogP contribution in [0, 0.1) is 5.41 Å². The van der Waals surface area contributed by atoms with Crippen LogP contribution in [0.2, 0.25) is 0 Å². The third kappa shape index (κ3) is 9.86. The van der Waals surface area contributed by atoms with Crippen LogP contribution in [0.1, 0.15) is 42.5 Å². The van der Waals surface area contributed by atoms with E-state index in [1.807, 2.05) is 26.1 Å². The second kappa shape index (κ2) is 15.6. The number of amidine groups is 1. The first-order valence-electron chi connectivity index (χ1n) is 14.5. The van der Waals surface area contributed by atoms with Gasteiger partial charge in [-0.2, -0.15) is 4.72 Å². The third-order valence-electron chi connectivity index (χ3n) is 7.66. The van der Waals surface area contributed by atoms with Crippen LogP contribution in [-0.4, -0.2) is 97.7 Å². The molecule has 0 aliphatic carbocycles. The van der Waals surface area contributed by atoms with Crippen LogP contribution < -0.4 is 10.5 Å². The lowest BCUT2D eigenvalue weighted by Gasteiger charge is -2.35. The zero-order valence-corrected chi connectivity index (χ0v) is 26.5. The Morgan fingerprint density at radius 3 is 2.42 bits per heavy atom. The number of carbonyl (C=O) groups is 3. The molecule has 0 fully saturated rings. The quantitative estimate of drug-likeness (QED) is 0.117. The first kappa shape index (κ1) is 35.2. The van der Waals surface area contributed by atoms with Crippen molar-refractivity contribution in [3.63, 3.8) is 0 Å². The molecule has 2 aromatic rings. The molecule has 14 heteroatoms. The summed E-state index contributed by atoms with van der Waals surface area (Å²) in [6.45, 7) is 5.65. The van der Waals surface area contributed by atoms with E-state index in [9.17, 15) is 18.0 Å². The van der Waals surface area contributed by atoms with Crippen molar-refractivity contribution >= 4 is 33.9 Å². The maximum absolute atomic E-state index is 14.1. The van der Waals surface area contributed by atoms with Crippen LogP contribution in [0.5, 0.6) is 0 Å². The Balaban J connectivity index is 0.00000130. The molecule has 2 aromatic carbocycles. The number of carboxylic acid groups (broad SMARTS) is 2. The summed E-state index contributed by atoms with van der Waals surface area (Å²) in [6.07, 6.45) is 1.91. The number of ether oxygens (including phenoxy) is 1. The molecule has 45 heavy (non-hydrogen) atoms. The topological polar surface area (TPSA) is 203 Å². The maximum Gasteiger partial charge on any atom is 0.503 e. The van der Waals surface area contributed by atoms with Crippen LogP contribution in [0.15, 0.2) is 59.0 Å². The summed E-state index contributed by atoms with van der Waals surface area (Å²) in [5, 5.41) is 21.7. The number of esters is 1. The van der Waals surface area contributed by atoms with E-state index < -0.39 is 40.1 Å². The van der Waals surface area contributed by atoms with E-state index in [0.717, 1.165) is 42.6 Å². The van der Waals surface area contributed by atoms with Crippen molar-refractivity contribution in [3.05, 3.63) is 76.4 Å². The van der Waals surface area contributed by atoms with Gasteiger partial charge in [0.2, 0.25) is 15.9 Å². The average molecular weight is 644 g/mol. The number of rotatable bonds is 9. The molecule has 0 saturated heterocycles. The summed E-state index contributed by atoms with van der Waals surface area (Å²) >= 11 is 0. The predicted molar refractivity (Wildman–Crippen MR) is 168 cm³/mol. The van der Waals surface area contributed by atoms with Crippen molar-refractivity contribution in [1.29, 1.82) is 5.41 Å². The Hall–Kier alpha value is -4.27. The molecule has 0 bridgehead atoms. The Labute approximate surface area is 263 Å². The molecular formula is C31H41N5O8S. The van der Waals surface area contributed by atoms with E-state index in [1.54, 1.807) is 43.3 Å². The summed E-state index contributed by atoms with van der Waals surface area (Å²) < 4.78 is 35.4. The van der Waals surface area contributed by atoms with Crippen LogP contribution >= 0.6 is 0 Å². The zero-order chi connectivity index (χ0) is 33.3. The van der Waals surface area contributed by atoms with Crippen LogP contribution in [0.4, 0.5) is 4.79 Å². The van der Waals surface area contributed by atoms with Crippen LogP contribution in [-0.2, 0) is 43.6 Å². The first-order valence-corrected chi connectivity index (χ1v) is 16.0. The predicted octanol–water partition coefficient (Wildman–Crippen LogP) is 2.22. The number of carbonyl (C=O) groups excluding carboxylic acids is 2. The fraction of sp³-hybridized carbons (Fsp3) is 0.419. The maximum atomic E-state index is 14.1. The molecular weight excluding hydrogens is 602 g/mol. The molecule has 0 unspecified atom stereocenters. The highest BCUT2D eigenvalue weighted by molar-refractivity contribution is 7.89. The van der Waals surface area contributed by atoms with Gasteiger partial charge in [-0.15, -0.1) is 0 Å². The van der Waals surface area contributed by atoms with Gasteiger partial charge >= 0.3 is 12.1 Å². The summed E-state index contributed by atoms with van der Waals surface area (Å²) in [5.74, 6) is -1.19. The standard InChI is InChI=1S/C30H39N5O5S.CH2O3/c1-4-40-30(37)27-16-20(2)10-15-35(27)29(36)26(18-21-6-5-7-24(17-21)28(31)32)33-41(38,39)25-9-8-22-11-13-34(3)14-12-23(22)19-25;2-1(3)4/h5-10,17,19,26-27,33H,4,11-16,18H2,1-3H3,(H3,31,32);(H2,2,3,4)/t26-,27+;/m0./s1. The normalized spacial score (nSPS) is 17.4. The number of amides is 1. The number of nitrogens with one attached hydrogen (secondary N) is 2. The van der Waals surface area contributed by atoms with E-state index in [1.165, 1.54) is 4.90 Å². The number of nitrogens with zero attached hydrogens (tertiary/aromatic N) is 2. The van der Waals surface area contributed by atoms with E-state index in [-0.39, 0.29) is 30.3 Å². The fourth-order valence-electron chi connectivity index (χ4n) is 5.29. The summed E-state index contributed by atoms with van der Waals surface area (Å²) in [4.78, 5) is 39.1. The summed E-state index contributed by atoms with van der Waals surface area (Å²) in [7, 11) is -2.07. The third-order valence-corrected chi connectivity index (χ3v) is 9.13. The Bertz CT molecular complexity index is 1550. The van der Waals surface area contributed by atoms with Gasteiger partial charge in [-0.3, -0.25) is 10.2 Å². The number of hydrogen-bond donors (Lipinski definition) is 5. The SMILES string of the molecule is CCOC(=O)[C@H]1CC(C)=CCN1C(=O)[C@H](Cc1cccc(C(=N)N)c1)NS(=O)(=O)c1ccc2c(c1)CCN(C)CC2.O=C(O)O. The van der Waals surface area contributed by atoms with Crippen LogP contribution in [0.3, 0.4) is 0 Å². The first-order chi connectivity index (χ1) is 21.2. The number of sulfonamides is 1. The number of benzene rings is 2. The number of likely N-dealkylation sites (N-methyl/N-ethyl adjacent to an activating group) is 1. The van der Waals surface area contributed by atoms with Gasteiger partial charge in [0.05, 0.1) is 11.5 Å². The van der Waals surface area contributed by atoms with Gasteiger partial charge in [-0.05, 0) is 81.5 Å². The molecule has 4 rings (SSSR count). The van der Waals surface area contributed by atoms with E-state index >= 15 is 0 Å². The minimum atomic E-state index is -4.12. The number of nitrogen functional groups attached to an aromatic ring is 1. The summed E-state index contributed by atoms with van der Waals surface area (Å²) in [6, 6.07) is 9.87. The van der Waals surface area contributed by atoms with E-state index in [0.29, 0.717) is 17.5 Å². The van der Waals surface area contributed by atoms with Gasteiger partial charge in [-0.1, -0.05) is 35.9 Å². The zero-order valence-electron chi connectivity index (χ0n) is 25.7. The highest BCUT2D eigenvalue weighted by atomic mass is 32.2. The molecule has 1 amide bonds. The average Bonchev–Trinajstić information content (AvgIpc) is 3.17. The number of nitrogens with two attached hydrogens (primary N) is 1. The van der Waals surface area contributed by atoms with Crippen LogP contribution in [0.25, 0.3) is 0 Å². The second-order valence-electron chi connectivity index (χ2n) is 11.0. The smallest absolute Gasteiger partial charge is 0.464 e. The van der Waals surface area contributed by atoms with Gasteiger partial charge in [-0.25, -0.2) is 18.0 Å². The van der Waals surface area contributed by atoms with Crippen molar-refractivity contribution < 1.29 is 37.8 Å². The Kier molecular flexibility index (Phi) is 12.2. The molecule has 0 aromatic heterocycles. The highest BCUT2D eigenvalue weighted by Gasteiger charge is 2.38. The second-order valence-corrected chi connectivity index (χ2v) is 12.7. The van der Waals surface area contributed by atoms with Crippen molar-refractivity contribution in [2.45, 2.75) is 56.5 Å². The largest absolute Gasteiger partial charge is 0.503 e. The number of hydrogen-bond acceptors (Lipinski definition) is 8. The Morgan fingerprint density at radius 2 is 1.78 bits per heavy atom. The lowest BCUT2D eigenvalue weighted by molar-refractivity contribution is -0.155. The van der Waals surface area contributed by atoms with Gasteiger partial charge in [0, 0.05) is 25.2 Å². The number of fused-ring (bicyclic) bond motifs is 1. The van der Waals surface area contributed by atoms with Gasteiger partial charge in [0.15, 0.2) is 0 Å². The van der Waals surface area contributed by atoms with Crippen molar-refractivity contribution in [2.24, 2.45) is 5.73 Å². The van der Waals surface area contributed by atoms with Gasteiger partial charge in [0.1, 0.15) is 17.9 Å². The van der Waals surface area contributed by atoms with Gasteiger partial charge < -0.3 is 30.5 Å². The molecule has 0 spiro atoms. The van der Waals surface area contributed by atoms with Crippen molar-refractivity contribution in [1.82, 2.24) is 14.5 Å². The molecule has 13 nitrogen and oxygen atoms in total. The minimum absolute atomic E-state index is 0.00363. The summed E-state index contributed by atoms with van der Waals surface area (Å²) in [5.41, 5.74) is 9.82. The Morgan fingerprint density at radius 1 is 1.11 bits per heavy atom. The van der Waals surface area contributed by atoms with Crippen molar-refractivity contribution in [3.8, 4) is 0 Å². The minimum Gasteiger partial charge on any atom is -0.464 e. The van der Waals surface area contributed by atoms with Crippen molar-refractivity contribution in [2.75, 3.05) is 33.3 Å². The molecule has 0 radical (unpaired) electrons. The molecule has 0 saturated carbocycles. The van der Waals surface area contributed by atoms with E-state index in [2.05, 4.69) is 9.62 Å². The molecule has 2 heterocycles. The monoisotopic (exact) mass is 643 g/mol. The van der Waals surface area contributed by atoms with Gasteiger partial charge in [0.25, 0.3) is 0 Å². The molecule has 2 atom stereocenters. The highest BCUT2D eigenvalue weighted by Crippen LogP contribution is 2.24. The lowest BCUT2D eigenvalue weighted by Crippen LogP contribution is -2.56. The molecule has 2 aliphatic rings. The van der Waals surface area contributed by atoms with E-state index in [4.69, 9.17) is 30.9 Å².